The van der Waals surface area contributed by atoms with Crippen LogP contribution in [0.3, 0.4) is 0 Å². The maximum Gasteiger partial charge on any atom is 0.251 e. The summed E-state index contributed by atoms with van der Waals surface area (Å²) in [4.78, 5) is 12.2. The Bertz CT molecular complexity index is 770. The minimum Gasteiger partial charge on any atom is -0.395 e. The lowest BCUT2D eigenvalue weighted by Gasteiger charge is -2.20. The minimum absolute atomic E-state index is 0.0574. The van der Waals surface area contributed by atoms with Crippen LogP contribution < -0.4 is 10.6 Å². The fourth-order valence-electron chi connectivity index (χ4n) is 3.48. The first-order valence-corrected chi connectivity index (χ1v) is 8.97. The fraction of sp³-hybridized carbons (Fsp3) is 0.381. The van der Waals surface area contributed by atoms with Gasteiger partial charge in [0.2, 0.25) is 0 Å². The van der Waals surface area contributed by atoms with Gasteiger partial charge in [0.1, 0.15) is 0 Å². The number of aliphatic hydroxyl groups excluding tert-OH is 1. The summed E-state index contributed by atoms with van der Waals surface area (Å²) >= 11 is 0. The first kappa shape index (κ1) is 17.5. The summed E-state index contributed by atoms with van der Waals surface area (Å²) in [5.41, 5.74) is 6.75. The molecule has 0 aromatic heterocycles. The fourth-order valence-corrected chi connectivity index (χ4v) is 3.48. The standard InChI is InChI=1S/C21H26N2O2/c1-14-19(21(25)22-11-12-24)7-4-8-20(14)23-15(2)17-10-9-16-5-3-6-18(16)13-17/h4,7-10,13,15,23-24H,3,5-6,11-12H2,1-2H3,(H,22,25). The van der Waals surface area contributed by atoms with Gasteiger partial charge in [0.15, 0.2) is 0 Å². The van der Waals surface area contributed by atoms with E-state index in [4.69, 9.17) is 5.11 Å². The third-order valence-corrected chi connectivity index (χ3v) is 4.97. The number of nitrogens with one attached hydrogen (secondary N) is 2. The van der Waals surface area contributed by atoms with Gasteiger partial charge in [-0.15, -0.1) is 0 Å². The van der Waals surface area contributed by atoms with E-state index in [0.29, 0.717) is 5.56 Å². The summed E-state index contributed by atoms with van der Waals surface area (Å²) < 4.78 is 0. The topological polar surface area (TPSA) is 61.4 Å². The highest BCUT2D eigenvalue weighted by Gasteiger charge is 2.16. The van der Waals surface area contributed by atoms with Gasteiger partial charge >= 0.3 is 0 Å². The van der Waals surface area contributed by atoms with Crippen LogP contribution in [0.4, 0.5) is 5.69 Å². The Hall–Kier alpha value is -2.33. The van der Waals surface area contributed by atoms with Crippen LogP contribution in [0.2, 0.25) is 0 Å². The molecule has 1 aliphatic rings. The van der Waals surface area contributed by atoms with E-state index in [1.54, 1.807) is 0 Å². The second kappa shape index (κ2) is 7.70. The van der Waals surface area contributed by atoms with E-state index < -0.39 is 0 Å². The molecule has 0 heterocycles. The lowest BCUT2D eigenvalue weighted by Crippen LogP contribution is -2.27. The molecule has 0 bridgehead atoms. The second-order valence-corrected chi connectivity index (χ2v) is 6.71. The lowest BCUT2D eigenvalue weighted by molar-refractivity contribution is 0.0944. The molecule has 2 aromatic rings. The first-order chi connectivity index (χ1) is 12.1. The molecule has 1 aliphatic carbocycles. The SMILES string of the molecule is Cc1c(NC(C)c2ccc3c(c2)CCC3)cccc1C(=O)NCCO. The maximum atomic E-state index is 12.2. The second-order valence-electron chi connectivity index (χ2n) is 6.71. The van der Waals surface area contributed by atoms with E-state index in [1.165, 1.54) is 36.0 Å². The van der Waals surface area contributed by atoms with Crippen molar-refractivity contribution in [3.63, 3.8) is 0 Å². The zero-order chi connectivity index (χ0) is 17.8. The molecular formula is C21H26N2O2. The molecule has 1 atom stereocenters. The number of hydrogen-bond donors (Lipinski definition) is 3. The molecule has 0 radical (unpaired) electrons. The van der Waals surface area contributed by atoms with E-state index in [-0.39, 0.29) is 25.1 Å². The van der Waals surface area contributed by atoms with Crippen molar-refractivity contribution in [2.24, 2.45) is 0 Å². The first-order valence-electron chi connectivity index (χ1n) is 8.97. The number of hydrogen-bond acceptors (Lipinski definition) is 3. The van der Waals surface area contributed by atoms with Crippen LogP contribution in [0, 0.1) is 6.92 Å². The van der Waals surface area contributed by atoms with Gasteiger partial charge in [-0.1, -0.05) is 24.3 Å². The molecule has 0 spiro atoms. The van der Waals surface area contributed by atoms with Crippen LogP contribution in [0.1, 0.15) is 52.0 Å². The molecule has 0 saturated heterocycles. The van der Waals surface area contributed by atoms with E-state index in [0.717, 1.165) is 11.3 Å². The summed E-state index contributed by atoms with van der Waals surface area (Å²) in [7, 11) is 0. The monoisotopic (exact) mass is 338 g/mol. The summed E-state index contributed by atoms with van der Waals surface area (Å²) in [5.74, 6) is -0.152. The van der Waals surface area contributed by atoms with Crippen molar-refractivity contribution in [3.8, 4) is 0 Å². The van der Waals surface area contributed by atoms with Crippen LogP contribution in [-0.4, -0.2) is 24.2 Å². The number of carbonyl (C=O) groups is 1. The number of anilines is 1. The Kier molecular flexibility index (Phi) is 5.39. The van der Waals surface area contributed by atoms with Gasteiger partial charge in [-0.3, -0.25) is 4.79 Å². The van der Waals surface area contributed by atoms with Crippen LogP contribution in [0.5, 0.6) is 0 Å². The molecule has 1 amide bonds. The third kappa shape index (κ3) is 3.85. The van der Waals surface area contributed by atoms with Gasteiger partial charge in [-0.2, -0.15) is 0 Å². The quantitative estimate of drug-likeness (QED) is 0.757. The van der Waals surface area contributed by atoms with Crippen molar-refractivity contribution >= 4 is 11.6 Å². The van der Waals surface area contributed by atoms with E-state index in [2.05, 4.69) is 35.8 Å². The molecule has 132 valence electrons. The highest BCUT2D eigenvalue weighted by atomic mass is 16.3. The largest absolute Gasteiger partial charge is 0.395 e. The Labute approximate surface area is 149 Å². The smallest absolute Gasteiger partial charge is 0.251 e. The van der Waals surface area contributed by atoms with Crippen LogP contribution in [-0.2, 0) is 12.8 Å². The average molecular weight is 338 g/mol. The van der Waals surface area contributed by atoms with Gasteiger partial charge in [-0.05, 0) is 67.5 Å². The van der Waals surface area contributed by atoms with Crippen molar-refractivity contribution in [2.75, 3.05) is 18.5 Å². The Morgan fingerprint density at radius 1 is 1.20 bits per heavy atom. The zero-order valence-corrected chi connectivity index (χ0v) is 14.9. The van der Waals surface area contributed by atoms with Crippen LogP contribution >= 0.6 is 0 Å². The van der Waals surface area contributed by atoms with Crippen molar-refractivity contribution < 1.29 is 9.90 Å². The normalized spacial score (nSPS) is 14.0. The van der Waals surface area contributed by atoms with Crippen molar-refractivity contribution in [1.82, 2.24) is 5.32 Å². The number of aliphatic hydroxyl groups is 1. The molecular weight excluding hydrogens is 312 g/mol. The predicted octanol–water partition coefficient (Wildman–Crippen LogP) is 3.38. The molecule has 4 heteroatoms. The molecule has 0 saturated carbocycles. The van der Waals surface area contributed by atoms with Crippen molar-refractivity contribution in [2.45, 2.75) is 39.2 Å². The predicted molar refractivity (Wildman–Crippen MR) is 101 cm³/mol. The average Bonchev–Trinajstić information content (AvgIpc) is 3.09. The molecule has 3 rings (SSSR count). The van der Waals surface area contributed by atoms with Gasteiger partial charge in [-0.25, -0.2) is 0 Å². The molecule has 1 unspecified atom stereocenters. The lowest BCUT2D eigenvalue weighted by atomic mass is 10.0. The van der Waals surface area contributed by atoms with Gasteiger partial charge in [0.05, 0.1) is 6.61 Å². The van der Waals surface area contributed by atoms with E-state index in [1.807, 2.05) is 25.1 Å². The number of fused-ring (bicyclic) bond motifs is 1. The highest BCUT2D eigenvalue weighted by Crippen LogP contribution is 2.28. The number of benzene rings is 2. The third-order valence-electron chi connectivity index (χ3n) is 4.97. The number of aryl methyl sites for hydroxylation is 2. The summed E-state index contributed by atoms with van der Waals surface area (Å²) in [6, 6.07) is 12.6. The molecule has 2 aromatic carbocycles. The Balaban J connectivity index is 1.77. The van der Waals surface area contributed by atoms with Crippen molar-refractivity contribution in [3.05, 3.63) is 64.2 Å². The number of rotatable bonds is 6. The summed E-state index contributed by atoms with van der Waals surface area (Å²) in [6.07, 6.45) is 3.63. The number of amides is 1. The molecule has 3 N–H and O–H groups in total. The molecule has 4 nitrogen and oxygen atoms in total. The Morgan fingerprint density at radius 3 is 2.80 bits per heavy atom. The minimum atomic E-state index is -0.152. The maximum absolute atomic E-state index is 12.2. The van der Waals surface area contributed by atoms with Crippen LogP contribution in [0.15, 0.2) is 36.4 Å². The van der Waals surface area contributed by atoms with E-state index in [9.17, 15) is 4.79 Å². The summed E-state index contributed by atoms with van der Waals surface area (Å²) in [5, 5.41) is 15.1. The zero-order valence-electron chi connectivity index (χ0n) is 14.9. The van der Waals surface area contributed by atoms with Gasteiger partial charge in [0, 0.05) is 23.8 Å². The van der Waals surface area contributed by atoms with Crippen LogP contribution in [0.25, 0.3) is 0 Å². The molecule has 0 fully saturated rings. The summed E-state index contributed by atoms with van der Waals surface area (Å²) in [6.45, 7) is 4.31. The van der Waals surface area contributed by atoms with Crippen molar-refractivity contribution in [1.29, 1.82) is 0 Å². The van der Waals surface area contributed by atoms with Gasteiger partial charge < -0.3 is 15.7 Å². The highest BCUT2D eigenvalue weighted by molar-refractivity contribution is 5.97. The molecule has 0 aliphatic heterocycles. The number of carbonyl (C=O) groups excluding carboxylic acids is 1. The van der Waals surface area contributed by atoms with E-state index >= 15 is 0 Å². The van der Waals surface area contributed by atoms with Gasteiger partial charge in [0.25, 0.3) is 5.91 Å². The Morgan fingerprint density at radius 2 is 2.00 bits per heavy atom. The molecule has 25 heavy (non-hydrogen) atoms.